The second kappa shape index (κ2) is 5.40. The van der Waals surface area contributed by atoms with Gasteiger partial charge in [0.25, 0.3) is 10.0 Å². The van der Waals surface area contributed by atoms with Crippen LogP contribution in [-0.2, 0) is 16.6 Å². The lowest BCUT2D eigenvalue weighted by Crippen LogP contribution is -2.12. The summed E-state index contributed by atoms with van der Waals surface area (Å²) in [5.41, 5.74) is 0.396. The lowest BCUT2D eigenvalue weighted by Gasteiger charge is -2.06. The first-order valence-electron chi connectivity index (χ1n) is 5.42. The molecule has 0 atom stereocenters. The fraction of sp³-hybridized carbons (Fsp3) is 0.182. The van der Waals surface area contributed by atoms with Gasteiger partial charge >= 0.3 is 0 Å². The molecule has 1 N–H and O–H groups in total. The minimum atomic E-state index is -3.69. The van der Waals surface area contributed by atoms with Crippen LogP contribution in [0, 0.1) is 0 Å². The minimum absolute atomic E-state index is 0.0474. The number of hydrogen-bond acceptors (Lipinski definition) is 3. The fourth-order valence-electron chi connectivity index (χ4n) is 1.45. The molecule has 0 fully saturated rings. The van der Waals surface area contributed by atoms with Crippen LogP contribution < -0.4 is 4.72 Å². The van der Waals surface area contributed by atoms with E-state index in [1.807, 2.05) is 6.92 Å². The monoisotopic (exact) mass is 319 g/mol. The first kappa shape index (κ1) is 14.2. The van der Waals surface area contributed by atoms with E-state index in [9.17, 15) is 8.42 Å². The van der Waals surface area contributed by atoms with Gasteiger partial charge in [-0.1, -0.05) is 23.2 Å². The van der Waals surface area contributed by atoms with Crippen molar-refractivity contribution in [1.29, 1.82) is 0 Å². The van der Waals surface area contributed by atoms with Gasteiger partial charge in [-0.25, -0.2) is 8.42 Å². The Morgan fingerprint density at radius 3 is 2.63 bits per heavy atom. The Hall–Kier alpha value is -1.24. The predicted octanol–water partition coefficient (Wildman–Crippen LogP) is 3.01. The van der Waals surface area contributed by atoms with Gasteiger partial charge in [0.05, 0.1) is 26.8 Å². The third-order valence-electron chi connectivity index (χ3n) is 2.41. The van der Waals surface area contributed by atoms with Crippen LogP contribution in [0.15, 0.2) is 35.5 Å². The van der Waals surface area contributed by atoms with Crippen LogP contribution in [0.1, 0.15) is 6.92 Å². The Bertz CT molecular complexity index is 698. The summed E-state index contributed by atoms with van der Waals surface area (Å²) < 4.78 is 28.3. The van der Waals surface area contributed by atoms with Gasteiger partial charge in [0.15, 0.2) is 0 Å². The second-order valence-corrected chi connectivity index (χ2v) is 6.26. The molecule has 0 aliphatic rings. The molecule has 0 aliphatic carbocycles. The summed E-state index contributed by atoms with van der Waals surface area (Å²) in [5.74, 6) is 0. The van der Waals surface area contributed by atoms with Crippen molar-refractivity contribution in [1.82, 2.24) is 9.78 Å². The van der Waals surface area contributed by atoms with Gasteiger partial charge in [-0.3, -0.25) is 9.40 Å². The molecule has 8 heteroatoms. The molecule has 0 saturated carbocycles. The van der Waals surface area contributed by atoms with Gasteiger partial charge in [0.1, 0.15) is 0 Å². The number of rotatable bonds is 4. The fourth-order valence-corrected chi connectivity index (χ4v) is 2.86. The average molecular weight is 320 g/mol. The maximum atomic E-state index is 12.1. The highest BCUT2D eigenvalue weighted by Gasteiger charge is 2.16. The van der Waals surface area contributed by atoms with E-state index in [4.69, 9.17) is 23.2 Å². The highest BCUT2D eigenvalue weighted by Crippen LogP contribution is 2.25. The number of halogens is 2. The SMILES string of the molecule is CCn1cc(NS(=O)(=O)c2ccc(Cl)c(Cl)c2)cn1. The number of hydrogen-bond donors (Lipinski definition) is 1. The van der Waals surface area contributed by atoms with Crippen molar-refractivity contribution < 1.29 is 8.42 Å². The van der Waals surface area contributed by atoms with Crippen LogP contribution in [0.25, 0.3) is 0 Å². The summed E-state index contributed by atoms with van der Waals surface area (Å²) >= 11 is 11.6. The molecule has 2 rings (SSSR count). The standard InChI is InChI=1S/C11H11Cl2N3O2S/c1-2-16-7-8(6-14-16)15-19(17,18)9-3-4-10(12)11(13)5-9/h3-7,15H,2H2,1H3. The van der Waals surface area contributed by atoms with Crippen molar-refractivity contribution in [3.05, 3.63) is 40.6 Å². The first-order valence-corrected chi connectivity index (χ1v) is 7.66. The summed E-state index contributed by atoms with van der Waals surface area (Å²) in [4.78, 5) is 0.0474. The van der Waals surface area contributed by atoms with Crippen molar-refractivity contribution in [3.63, 3.8) is 0 Å². The first-order chi connectivity index (χ1) is 8.92. The summed E-state index contributed by atoms with van der Waals surface area (Å²) in [6.07, 6.45) is 3.05. The molecule has 1 aromatic heterocycles. The molecule has 0 unspecified atom stereocenters. The van der Waals surface area contributed by atoms with Crippen molar-refractivity contribution in [2.75, 3.05) is 4.72 Å². The molecule has 0 spiro atoms. The normalized spacial score (nSPS) is 11.5. The maximum Gasteiger partial charge on any atom is 0.262 e. The third-order valence-corrected chi connectivity index (χ3v) is 4.53. The Morgan fingerprint density at radius 1 is 1.32 bits per heavy atom. The molecule has 5 nitrogen and oxygen atoms in total. The number of sulfonamides is 1. The van der Waals surface area contributed by atoms with Crippen LogP contribution in [0.2, 0.25) is 10.0 Å². The molecular weight excluding hydrogens is 309 g/mol. The largest absolute Gasteiger partial charge is 0.276 e. The summed E-state index contributed by atoms with van der Waals surface area (Å²) in [6.45, 7) is 2.57. The number of nitrogens with zero attached hydrogens (tertiary/aromatic N) is 2. The van der Waals surface area contributed by atoms with E-state index in [1.165, 1.54) is 24.4 Å². The summed E-state index contributed by atoms with van der Waals surface area (Å²) in [7, 11) is -3.69. The third kappa shape index (κ3) is 3.20. The van der Waals surface area contributed by atoms with E-state index >= 15 is 0 Å². The van der Waals surface area contributed by atoms with Gasteiger partial charge in [-0.15, -0.1) is 0 Å². The summed E-state index contributed by atoms with van der Waals surface area (Å²) in [5, 5.41) is 4.48. The van der Waals surface area contributed by atoms with Gasteiger partial charge < -0.3 is 0 Å². The number of nitrogens with one attached hydrogen (secondary N) is 1. The smallest absolute Gasteiger partial charge is 0.262 e. The van der Waals surface area contributed by atoms with E-state index < -0.39 is 10.0 Å². The molecule has 0 radical (unpaired) electrons. The van der Waals surface area contributed by atoms with Gasteiger partial charge in [-0.2, -0.15) is 5.10 Å². The van der Waals surface area contributed by atoms with Crippen LogP contribution in [-0.4, -0.2) is 18.2 Å². The zero-order valence-corrected chi connectivity index (χ0v) is 12.3. The second-order valence-electron chi connectivity index (χ2n) is 3.77. The van der Waals surface area contributed by atoms with Crippen molar-refractivity contribution in [2.45, 2.75) is 18.4 Å². The highest BCUT2D eigenvalue weighted by atomic mass is 35.5. The lowest BCUT2D eigenvalue weighted by atomic mass is 10.4. The van der Waals surface area contributed by atoms with E-state index in [0.29, 0.717) is 17.3 Å². The number of aromatic nitrogens is 2. The number of aryl methyl sites for hydroxylation is 1. The van der Waals surface area contributed by atoms with Crippen LogP contribution in [0.4, 0.5) is 5.69 Å². The zero-order valence-electron chi connectivity index (χ0n) is 9.97. The molecule has 19 heavy (non-hydrogen) atoms. The minimum Gasteiger partial charge on any atom is -0.276 e. The Kier molecular flexibility index (Phi) is 4.03. The topological polar surface area (TPSA) is 64.0 Å². The molecule has 2 aromatic rings. The van der Waals surface area contributed by atoms with Gasteiger partial charge in [0.2, 0.25) is 0 Å². The zero-order chi connectivity index (χ0) is 14.0. The Labute approximate surface area is 121 Å². The van der Waals surface area contributed by atoms with E-state index in [0.717, 1.165) is 0 Å². The highest BCUT2D eigenvalue weighted by molar-refractivity contribution is 7.92. The number of anilines is 1. The van der Waals surface area contributed by atoms with E-state index in [1.54, 1.807) is 10.9 Å². The molecule has 1 aromatic carbocycles. The number of benzene rings is 1. The Morgan fingerprint density at radius 2 is 2.05 bits per heavy atom. The lowest BCUT2D eigenvalue weighted by molar-refractivity contribution is 0.601. The molecule has 1 heterocycles. The summed E-state index contributed by atoms with van der Waals surface area (Å²) in [6, 6.07) is 4.13. The predicted molar refractivity (Wildman–Crippen MR) is 75.2 cm³/mol. The molecule has 102 valence electrons. The molecule has 0 aliphatic heterocycles. The van der Waals surface area contributed by atoms with Gasteiger partial charge in [0, 0.05) is 12.7 Å². The van der Waals surface area contributed by atoms with Crippen molar-refractivity contribution in [2.24, 2.45) is 0 Å². The quantitative estimate of drug-likeness (QED) is 0.942. The van der Waals surface area contributed by atoms with Gasteiger partial charge in [-0.05, 0) is 25.1 Å². The average Bonchev–Trinajstić information content (AvgIpc) is 2.79. The molecule has 0 saturated heterocycles. The maximum absolute atomic E-state index is 12.1. The van der Waals surface area contributed by atoms with Crippen LogP contribution >= 0.6 is 23.2 Å². The molecule has 0 bridgehead atoms. The van der Waals surface area contributed by atoms with Crippen molar-refractivity contribution >= 4 is 38.9 Å². The Balaban J connectivity index is 2.29. The van der Waals surface area contributed by atoms with Crippen LogP contribution in [0.5, 0.6) is 0 Å². The molecular formula is C11H11Cl2N3O2S. The van der Waals surface area contributed by atoms with Crippen LogP contribution in [0.3, 0.4) is 0 Å². The van der Waals surface area contributed by atoms with Crippen molar-refractivity contribution in [3.8, 4) is 0 Å². The van der Waals surface area contributed by atoms with E-state index in [-0.39, 0.29) is 9.92 Å². The van der Waals surface area contributed by atoms with E-state index in [2.05, 4.69) is 9.82 Å². The molecule has 0 amide bonds.